The van der Waals surface area contributed by atoms with Gasteiger partial charge < -0.3 is 20.1 Å². The van der Waals surface area contributed by atoms with E-state index in [1.54, 1.807) is 12.3 Å². The van der Waals surface area contributed by atoms with Crippen molar-refractivity contribution >= 4 is 32.5 Å². The zero-order valence-electron chi connectivity index (χ0n) is 17.8. The lowest BCUT2D eigenvalue weighted by Crippen LogP contribution is -2.49. The van der Waals surface area contributed by atoms with E-state index in [4.69, 9.17) is 4.74 Å². The molecule has 0 atom stereocenters. The summed E-state index contributed by atoms with van der Waals surface area (Å²) in [6.45, 7) is 0.0892. The summed E-state index contributed by atoms with van der Waals surface area (Å²) >= 11 is 0. The number of aromatic nitrogens is 1. The van der Waals surface area contributed by atoms with Gasteiger partial charge in [0, 0.05) is 49.1 Å². The van der Waals surface area contributed by atoms with Crippen LogP contribution >= 0.6 is 0 Å². The van der Waals surface area contributed by atoms with Gasteiger partial charge >= 0.3 is 0 Å². The summed E-state index contributed by atoms with van der Waals surface area (Å²) in [5.41, 5.74) is -0.238. The molecule has 0 aliphatic carbocycles. The van der Waals surface area contributed by atoms with Gasteiger partial charge in [0.05, 0.1) is 22.7 Å². The summed E-state index contributed by atoms with van der Waals surface area (Å²) in [6, 6.07) is 7.29. The minimum atomic E-state index is -3.95. The number of aliphatic hydroxyl groups excluding tert-OH is 1. The summed E-state index contributed by atoms with van der Waals surface area (Å²) in [6.07, 6.45) is 2.23. The Hall–Kier alpha value is -2.86. The molecular weight excluding hydrogens is 456 g/mol. The lowest BCUT2D eigenvalue weighted by molar-refractivity contribution is -0.0799. The van der Waals surface area contributed by atoms with Crippen LogP contribution in [0.1, 0.15) is 23.2 Å². The van der Waals surface area contributed by atoms with Gasteiger partial charge in [-0.15, -0.1) is 0 Å². The number of carbonyl (C=O) groups is 1. The zero-order chi connectivity index (χ0) is 23.8. The van der Waals surface area contributed by atoms with Crippen LogP contribution < -0.4 is 5.32 Å². The third-order valence-corrected chi connectivity index (χ3v) is 7.93. The Kier molecular flexibility index (Phi) is 6.23. The quantitative estimate of drug-likeness (QED) is 0.504. The summed E-state index contributed by atoms with van der Waals surface area (Å²) in [7, 11) is -2.47. The monoisotopic (exact) mass is 479 g/mol. The molecule has 3 aromatic rings. The highest BCUT2D eigenvalue weighted by atomic mass is 32.2. The number of benzene rings is 2. The number of nitrogens with one attached hydrogen (secondary N) is 2. The molecule has 0 spiro atoms. The van der Waals surface area contributed by atoms with Crippen LogP contribution in [-0.2, 0) is 14.8 Å². The number of piperidine rings is 1. The van der Waals surface area contributed by atoms with Crippen molar-refractivity contribution in [3.8, 4) is 0 Å². The number of anilines is 1. The number of halogens is 2. The smallest absolute Gasteiger partial charge is 0.256 e. The molecule has 1 aliphatic heterocycles. The second-order valence-electron chi connectivity index (χ2n) is 7.94. The number of ether oxygens (including phenoxy) is 1. The number of fused-ring (bicyclic) bond motifs is 1. The number of sulfonamides is 1. The molecule has 8 nitrogen and oxygen atoms in total. The molecule has 3 N–H and O–H groups in total. The molecule has 0 saturated carbocycles. The van der Waals surface area contributed by atoms with E-state index >= 15 is 0 Å². The first-order valence-electron chi connectivity index (χ1n) is 10.2. The van der Waals surface area contributed by atoms with Crippen LogP contribution in [0.2, 0.25) is 0 Å². The van der Waals surface area contributed by atoms with Gasteiger partial charge in [-0.05, 0) is 43.2 Å². The van der Waals surface area contributed by atoms with Crippen LogP contribution in [0.4, 0.5) is 14.5 Å². The van der Waals surface area contributed by atoms with E-state index in [2.05, 4.69) is 10.3 Å². The standard InChI is InChI=1S/C22H23F2N3O5S/c1-32-22(13-28)5-8-27(9-6-22)33(30,31)15-11-17(16-4-7-25-20(16)12-15)21(29)26-14-2-3-18(23)19(24)10-14/h2-4,7,10-12,25,28H,5-6,8-9,13H2,1H3,(H,26,29). The molecular formula is C22H23F2N3O5S. The van der Waals surface area contributed by atoms with Crippen LogP contribution in [0.25, 0.3) is 10.9 Å². The molecule has 0 bridgehead atoms. The number of aromatic amines is 1. The topological polar surface area (TPSA) is 112 Å². The Morgan fingerprint density at radius 2 is 1.91 bits per heavy atom. The van der Waals surface area contributed by atoms with E-state index in [-0.39, 0.29) is 35.8 Å². The van der Waals surface area contributed by atoms with E-state index in [1.165, 1.54) is 29.6 Å². The molecule has 176 valence electrons. The third kappa shape index (κ3) is 4.36. The summed E-state index contributed by atoms with van der Waals surface area (Å²) in [5.74, 6) is -2.83. The number of hydrogen-bond donors (Lipinski definition) is 3. The molecule has 2 heterocycles. The fourth-order valence-corrected chi connectivity index (χ4v) is 5.45. The first kappa shape index (κ1) is 23.3. The number of rotatable bonds is 6. The minimum absolute atomic E-state index is 0.0341. The molecule has 0 radical (unpaired) electrons. The van der Waals surface area contributed by atoms with Gasteiger partial charge in [0.15, 0.2) is 11.6 Å². The molecule has 1 aromatic heterocycles. The summed E-state index contributed by atoms with van der Waals surface area (Å²) in [5, 5.41) is 12.6. The molecule has 33 heavy (non-hydrogen) atoms. The van der Waals surface area contributed by atoms with Crippen molar-refractivity contribution in [2.75, 3.05) is 32.1 Å². The molecule has 1 fully saturated rings. The van der Waals surface area contributed by atoms with E-state index in [0.717, 1.165) is 12.1 Å². The zero-order valence-corrected chi connectivity index (χ0v) is 18.6. The van der Waals surface area contributed by atoms with Crippen LogP contribution in [0.5, 0.6) is 0 Å². The maximum Gasteiger partial charge on any atom is 0.256 e. The van der Waals surface area contributed by atoms with Crippen LogP contribution in [0.15, 0.2) is 47.5 Å². The van der Waals surface area contributed by atoms with Crippen molar-refractivity contribution < 1.29 is 31.8 Å². The molecule has 2 aromatic carbocycles. The van der Waals surface area contributed by atoms with Gasteiger partial charge in [-0.1, -0.05) is 0 Å². The molecule has 1 amide bonds. The molecule has 1 saturated heterocycles. The van der Waals surface area contributed by atoms with Crippen LogP contribution in [0, 0.1) is 11.6 Å². The second kappa shape index (κ2) is 8.82. The van der Waals surface area contributed by atoms with E-state index < -0.39 is 33.2 Å². The Labute approximate surface area is 189 Å². The van der Waals surface area contributed by atoms with Crippen molar-refractivity contribution in [2.45, 2.75) is 23.3 Å². The number of methoxy groups -OCH3 is 1. The fraction of sp³-hybridized carbons (Fsp3) is 0.318. The SMILES string of the molecule is COC1(CO)CCN(S(=O)(=O)c2cc(C(=O)Nc3ccc(F)c(F)c3)c3cc[nH]c3c2)CC1. The predicted molar refractivity (Wildman–Crippen MR) is 117 cm³/mol. The van der Waals surface area contributed by atoms with E-state index in [1.807, 2.05) is 0 Å². The predicted octanol–water partition coefficient (Wildman–Crippen LogP) is 2.86. The third-order valence-electron chi connectivity index (χ3n) is 6.06. The van der Waals surface area contributed by atoms with Gasteiger partial charge in [-0.3, -0.25) is 4.79 Å². The maximum absolute atomic E-state index is 13.5. The lowest BCUT2D eigenvalue weighted by atomic mass is 9.93. The fourth-order valence-electron chi connectivity index (χ4n) is 3.96. The van der Waals surface area contributed by atoms with Gasteiger partial charge in [-0.2, -0.15) is 4.31 Å². The molecule has 11 heteroatoms. The molecule has 0 unspecified atom stereocenters. The minimum Gasteiger partial charge on any atom is -0.393 e. The summed E-state index contributed by atoms with van der Waals surface area (Å²) < 4.78 is 60.1. The summed E-state index contributed by atoms with van der Waals surface area (Å²) in [4.78, 5) is 15.8. The van der Waals surface area contributed by atoms with Crippen molar-refractivity contribution in [3.05, 3.63) is 59.8 Å². The van der Waals surface area contributed by atoms with Crippen molar-refractivity contribution in [1.29, 1.82) is 0 Å². The van der Waals surface area contributed by atoms with Crippen molar-refractivity contribution in [2.24, 2.45) is 0 Å². The van der Waals surface area contributed by atoms with Crippen molar-refractivity contribution in [3.63, 3.8) is 0 Å². The van der Waals surface area contributed by atoms with Crippen LogP contribution in [-0.4, -0.2) is 61.1 Å². The maximum atomic E-state index is 13.5. The number of nitrogens with zero attached hydrogens (tertiary/aromatic N) is 1. The Morgan fingerprint density at radius 3 is 2.55 bits per heavy atom. The van der Waals surface area contributed by atoms with E-state index in [0.29, 0.717) is 23.7 Å². The Morgan fingerprint density at radius 1 is 1.18 bits per heavy atom. The number of hydrogen-bond acceptors (Lipinski definition) is 5. The highest BCUT2D eigenvalue weighted by Gasteiger charge is 2.38. The number of amides is 1. The average molecular weight is 480 g/mol. The number of H-pyrrole nitrogens is 1. The highest BCUT2D eigenvalue weighted by molar-refractivity contribution is 7.89. The van der Waals surface area contributed by atoms with Gasteiger partial charge in [0.25, 0.3) is 5.91 Å². The van der Waals surface area contributed by atoms with E-state index in [9.17, 15) is 27.1 Å². The first-order valence-corrected chi connectivity index (χ1v) is 11.7. The second-order valence-corrected chi connectivity index (χ2v) is 9.88. The van der Waals surface area contributed by atoms with Crippen molar-refractivity contribution in [1.82, 2.24) is 9.29 Å². The van der Waals surface area contributed by atoms with Gasteiger partial charge in [-0.25, -0.2) is 17.2 Å². The first-order chi connectivity index (χ1) is 15.7. The highest BCUT2D eigenvalue weighted by Crippen LogP contribution is 2.31. The Bertz CT molecular complexity index is 1290. The Balaban J connectivity index is 1.66. The molecule has 1 aliphatic rings. The van der Waals surface area contributed by atoms with Gasteiger partial charge in [0.1, 0.15) is 0 Å². The number of carbonyl (C=O) groups excluding carboxylic acids is 1. The average Bonchev–Trinajstić information content (AvgIpc) is 3.29. The lowest BCUT2D eigenvalue weighted by Gasteiger charge is -2.38. The molecule has 4 rings (SSSR count). The van der Waals surface area contributed by atoms with Crippen LogP contribution in [0.3, 0.4) is 0 Å². The normalized spacial score (nSPS) is 16.7. The van der Waals surface area contributed by atoms with Gasteiger partial charge in [0.2, 0.25) is 10.0 Å². The number of aliphatic hydroxyl groups is 1. The largest absolute Gasteiger partial charge is 0.393 e.